The molecule has 0 aliphatic heterocycles. The average Bonchev–Trinajstić information content (AvgIpc) is 2.13. The molecule has 0 heterocycles. The lowest BCUT2D eigenvalue weighted by Gasteiger charge is -2.18. The second-order valence-electron chi connectivity index (χ2n) is 3.56. The van der Waals surface area contributed by atoms with Crippen molar-refractivity contribution in [2.24, 2.45) is 5.92 Å². The topological polar surface area (TPSA) is 21.3 Å². The predicted octanol–water partition coefficient (Wildman–Crippen LogP) is 3.08. The Morgan fingerprint density at radius 1 is 1.36 bits per heavy atom. The molecule has 0 saturated carbocycles. The van der Waals surface area contributed by atoms with Gasteiger partial charge >= 0.3 is 0 Å². The number of allylic oxidation sites excluding steroid dienone is 1. The molecule has 0 aromatic rings. The largest absolute Gasteiger partial charge is 0.483 e. The van der Waals surface area contributed by atoms with E-state index in [2.05, 4.69) is 32.3 Å². The zero-order valence-electron chi connectivity index (χ0n) is 9.73. The van der Waals surface area contributed by atoms with Crippen molar-refractivity contribution in [2.75, 3.05) is 13.3 Å². The molecule has 0 aliphatic rings. The van der Waals surface area contributed by atoms with Crippen LogP contribution in [0.5, 0.6) is 0 Å². The van der Waals surface area contributed by atoms with E-state index in [4.69, 9.17) is 4.74 Å². The Hall–Kier alpha value is -0.760. The Morgan fingerprint density at radius 3 is 2.43 bits per heavy atom. The summed E-state index contributed by atoms with van der Waals surface area (Å²) < 4.78 is 5.49. The molecule has 1 atom stereocenters. The molecule has 1 unspecified atom stereocenters. The highest BCUT2D eigenvalue weighted by Gasteiger charge is 2.11. The minimum Gasteiger partial charge on any atom is -0.483 e. The molecule has 1 N–H and O–H groups in total. The molecule has 82 valence electrons. The van der Waals surface area contributed by atoms with Crippen LogP contribution >= 0.6 is 0 Å². The van der Waals surface area contributed by atoms with Gasteiger partial charge in [-0.2, -0.15) is 0 Å². The van der Waals surface area contributed by atoms with E-state index in [9.17, 15) is 0 Å². The van der Waals surface area contributed by atoms with Crippen molar-refractivity contribution in [3.63, 3.8) is 0 Å². The van der Waals surface area contributed by atoms with Gasteiger partial charge in [0.1, 0.15) is 6.73 Å². The van der Waals surface area contributed by atoms with Crippen molar-refractivity contribution in [1.82, 2.24) is 5.32 Å². The third-order valence-corrected chi connectivity index (χ3v) is 2.18. The molecule has 0 aromatic heterocycles. The first kappa shape index (κ1) is 13.2. The third kappa shape index (κ3) is 5.07. The first-order valence-corrected chi connectivity index (χ1v) is 5.31. The van der Waals surface area contributed by atoms with Gasteiger partial charge in [0.2, 0.25) is 0 Å². The van der Waals surface area contributed by atoms with Crippen LogP contribution in [0.25, 0.3) is 0 Å². The fraction of sp³-hybridized carbons (Fsp3) is 0.667. The van der Waals surface area contributed by atoms with E-state index in [0.717, 1.165) is 30.7 Å². The monoisotopic (exact) mass is 197 g/mol. The van der Waals surface area contributed by atoms with Gasteiger partial charge in [0, 0.05) is 5.92 Å². The number of hydrogen-bond donors (Lipinski definition) is 1. The molecule has 0 radical (unpaired) electrons. The molecular weight excluding hydrogens is 174 g/mol. The lowest BCUT2D eigenvalue weighted by molar-refractivity contribution is 0.165. The molecule has 0 bridgehead atoms. The predicted molar refractivity (Wildman–Crippen MR) is 62.0 cm³/mol. The molecule has 2 nitrogen and oxygen atoms in total. The van der Waals surface area contributed by atoms with Crippen molar-refractivity contribution in [3.05, 3.63) is 24.5 Å². The van der Waals surface area contributed by atoms with Crippen molar-refractivity contribution in [3.8, 4) is 0 Å². The summed E-state index contributed by atoms with van der Waals surface area (Å²) in [6, 6.07) is 0. The minimum absolute atomic E-state index is 0.290. The van der Waals surface area contributed by atoms with Crippen LogP contribution in [0.15, 0.2) is 24.5 Å². The fourth-order valence-corrected chi connectivity index (χ4v) is 1.34. The molecule has 0 spiro atoms. The van der Waals surface area contributed by atoms with Gasteiger partial charge in [0.05, 0.1) is 5.76 Å². The summed E-state index contributed by atoms with van der Waals surface area (Å²) in [7, 11) is 0. The van der Waals surface area contributed by atoms with Gasteiger partial charge in [-0.1, -0.05) is 32.6 Å². The third-order valence-electron chi connectivity index (χ3n) is 2.18. The summed E-state index contributed by atoms with van der Waals surface area (Å²) in [5, 5.41) is 3.17. The molecule has 0 amide bonds. The summed E-state index contributed by atoms with van der Waals surface area (Å²) in [5.41, 5.74) is 1.12. The van der Waals surface area contributed by atoms with E-state index in [0.29, 0.717) is 12.6 Å². The van der Waals surface area contributed by atoms with Crippen molar-refractivity contribution in [2.45, 2.75) is 33.6 Å². The van der Waals surface area contributed by atoms with E-state index < -0.39 is 0 Å². The summed E-state index contributed by atoms with van der Waals surface area (Å²) in [6.45, 7) is 15.7. The Morgan fingerprint density at radius 2 is 2.00 bits per heavy atom. The van der Waals surface area contributed by atoms with Crippen LogP contribution in [0.3, 0.4) is 0 Å². The normalized spacial score (nSPS) is 12.2. The van der Waals surface area contributed by atoms with Gasteiger partial charge in [-0.15, -0.1) is 0 Å². The summed E-state index contributed by atoms with van der Waals surface area (Å²) in [6.07, 6.45) is 2.12. The molecule has 2 heteroatoms. The lowest BCUT2D eigenvalue weighted by atomic mass is 9.97. The number of ether oxygens (including phenoxy) is 1. The van der Waals surface area contributed by atoms with Gasteiger partial charge in [0.25, 0.3) is 0 Å². The zero-order chi connectivity index (χ0) is 11.0. The van der Waals surface area contributed by atoms with E-state index >= 15 is 0 Å². The van der Waals surface area contributed by atoms with E-state index in [1.54, 1.807) is 0 Å². The van der Waals surface area contributed by atoms with Gasteiger partial charge in [-0.05, 0) is 26.3 Å². The first-order valence-electron chi connectivity index (χ1n) is 5.31. The Labute approximate surface area is 88.0 Å². The van der Waals surface area contributed by atoms with E-state index in [1.165, 1.54) is 0 Å². The smallest absolute Gasteiger partial charge is 0.139 e. The van der Waals surface area contributed by atoms with Crippen LogP contribution in [-0.4, -0.2) is 13.3 Å². The quantitative estimate of drug-likeness (QED) is 0.279. The molecular formula is C12H23NO. The van der Waals surface area contributed by atoms with Crippen LogP contribution in [0.1, 0.15) is 33.6 Å². The maximum Gasteiger partial charge on any atom is 0.139 e. The number of nitrogens with one attached hydrogen (secondary N) is 1. The standard InChI is InChI=1S/C12H23NO/c1-6-8-13-9-14-11(5)12(7-2)10(3)4/h12-13H,3,5-9H2,1-2,4H3. The molecule has 0 rings (SSSR count). The second kappa shape index (κ2) is 7.63. The lowest BCUT2D eigenvalue weighted by Crippen LogP contribution is -2.20. The highest BCUT2D eigenvalue weighted by molar-refractivity contribution is 5.09. The molecule has 0 saturated heterocycles. The van der Waals surface area contributed by atoms with Crippen molar-refractivity contribution < 1.29 is 4.74 Å². The van der Waals surface area contributed by atoms with Crippen molar-refractivity contribution >= 4 is 0 Å². The van der Waals surface area contributed by atoms with E-state index in [-0.39, 0.29) is 0 Å². The Bertz CT molecular complexity index is 187. The van der Waals surface area contributed by atoms with E-state index in [1.807, 2.05) is 6.92 Å². The Kier molecular flexibility index (Phi) is 7.21. The first-order chi connectivity index (χ1) is 6.63. The SMILES string of the molecule is C=C(C)C(CC)C(=C)OCNCCC. The molecule has 0 fully saturated rings. The highest BCUT2D eigenvalue weighted by Crippen LogP contribution is 2.21. The fourth-order valence-electron chi connectivity index (χ4n) is 1.34. The van der Waals surface area contributed by atoms with Crippen LogP contribution in [0.4, 0.5) is 0 Å². The zero-order valence-corrected chi connectivity index (χ0v) is 9.73. The minimum atomic E-state index is 0.290. The Balaban J connectivity index is 3.76. The van der Waals surface area contributed by atoms with Crippen LogP contribution < -0.4 is 5.32 Å². The van der Waals surface area contributed by atoms with Crippen LogP contribution in [0, 0.1) is 5.92 Å². The molecule has 0 aliphatic carbocycles. The summed E-state index contributed by atoms with van der Waals surface area (Å²) in [5.74, 6) is 1.11. The van der Waals surface area contributed by atoms with Gasteiger partial charge < -0.3 is 4.74 Å². The van der Waals surface area contributed by atoms with Gasteiger partial charge in [0.15, 0.2) is 0 Å². The maximum absolute atomic E-state index is 5.49. The molecule has 14 heavy (non-hydrogen) atoms. The number of hydrogen-bond acceptors (Lipinski definition) is 2. The highest BCUT2D eigenvalue weighted by atomic mass is 16.5. The maximum atomic E-state index is 5.49. The number of rotatable bonds is 8. The van der Waals surface area contributed by atoms with Crippen LogP contribution in [0.2, 0.25) is 0 Å². The van der Waals surface area contributed by atoms with Gasteiger partial charge in [-0.25, -0.2) is 0 Å². The van der Waals surface area contributed by atoms with Crippen LogP contribution in [-0.2, 0) is 4.74 Å². The van der Waals surface area contributed by atoms with Crippen molar-refractivity contribution in [1.29, 1.82) is 0 Å². The molecule has 0 aromatic carbocycles. The van der Waals surface area contributed by atoms with Gasteiger partial charge in [-0.3, -0.25) is 5.32 Å². The average molecular weight is 197 g/mol. The summed E-state index contributed by atoms with van der Waals surface area (Å²) >= 11 is 0. The second-order valence-corrected chi connectivity index (χ2v) is 3.56. The summed E-state index contributed by atoms with van der Waals surface area (Å²) in [4.78, 5) is 0.